The van der Waals surface area contributed by atoms with Crippen molar-refractivity contribution in [1.29, 1.82) is 0 Å². The third-order valence-electron chi connectivity index (χ3n) is 8.83. The molecule has 0 aliphatic rings. The molecule has 4 heteroatoms. The second kappa shape index (κ2) is 34.4. The minimum Gasteiger partial charge on any atom is -0.481 e. The standard InChI is InChI=1S/C38H74O4/c1-3-5-7-9-11-13-15-17-23-27-31-35-38(41)42-36(32-28-24-20-16-14-12-10-8-6-4-2)33-29-25-21-18-19-22-26-30-34-37(39)40/h36H,3-35H2,1-2H3,(H,39,40). The fraction of sp³-hybridized carbons (Fsp3) is 0.947. The van der Waals surface area contributed by atoms with Crippen LogP contribution in [-0.4, -0.2) is 23.1 Å². The number of hydrogen-bond donors (Lipinski definition) is 1. The Morgan fingerprint density at radius 1 is 0.429 bits per heavy atom. The maximum absolute atomic E-state index is 12.6. The van der Waals surface area contributed by atoms with Gasteiger partial charge < -0.3 is 9.84 Å². The van der Waals surface area contributed by atoms with E-state index in [1.54, 1.807) is 0 Å². The van der Waals surface area contributed by atoms with Gasteiger partial charge in [-0.15, -0.1) is 0 Å². The van der Waals surface area contributed by atoms with Crippen LogP contribution < -0.4 is 0 Å². The monoisotopic (exact) mass is 595 g/mol. The van der Waals surface area contributed by atoms with Crippen molar-refractivity contribution in [2.24, 2.45) is 0 Å². The number of aliphatic carboxylic acids is 1. The Kier molecular flexibility index (Phi) is 33.6. The minimum atomic E-state index is -0.679. The third-order valence-corrected chi connectivity index (χ3v) is 8.83. The maximum atomic E-state index is 12.6. The molecule has 0 rings (SSSR count). The molecule has 0 amide bonds. The predicted molar refractivity (Wildman–Crippen MR) is 181 cm³/mol. The van der Waals surface area contributed by atoms with E-state index in [0.717, 1.165) is 51.4 Å². The molecule has 1 N–H and O–H groups in total. The van der Waals surface area contributed by atoms with Gasteiger partial charge in [0.2, 0.25) is 0 Å². The molecule has 1 atom stereocenters. The number of unbranched alkanes of at least 4 members (excludes halogenated alkanes) is 26. The Morgan fingerprint density at radius 2 is 0.714 bits per heavy atom. The molecule has 0 aromatic heterocycles. The van der Waals surface area contributed by atoms with Gasteiger partial charge in [-0.1, -0.05) is 174 Å². The van der Waals surface area contributed by atoms with Crippen LogP contribution in [0.4, 0.5) is 0 Å². The summed E-state index contributed by atoms with van der Waals surface area (Å²) < 4.78 is 6.03. The van der Waals surface area contributed by atoms with Crippen molar-refractivity contribution < 1.29 is 19.4 Å². The largest absolute Gasteiger partial charge is 0.481 e. The predicted octanol–water partition coefficient (Wildman–Crippen LogP) is 12.9. The van der Waals surface area contributed by atoms with Crippen LogP contribution in [0.5, 0.6) is 0 Å². The van der Waals surface area contributed by atoms with Crippen LogP contribution in [0.25, 0.3) is 0 Å². The number of esters is 1. The first kappa shape index (κ1) is 40.9. The molecule has 0 fully saturated rings. The number of rotatable bonds is 35. The number of carboxylic acid groups (broad SMARTS) is 1. The van der Waals surface area contributed by atoms with Crippen molar-refractivity contribution in [1.82, 2.24) is 0 Å². The van der Waals surface area contributed by atoms with Gasteiger partial charge in [-0.3, -0.25) is 9.59 Å². The Morgan fingerprint density at radius 3 is 1.05 bits per heavy atom. The summed E-state index contributed by atoms with van der Waals surface area (Å²) in [7, 11) is 0. The first-order valence-electron chi connectivity index (χ1n) is 19.0. The molecular weight excluding hydrogens is 520 g/mol. The van der Waals surface area contributed by atoms with Crippen LogP contribution in [0.2, 0.25) is 0 Å². The zero-order valence-electron chi connectivity index (χ0n) is 28.6. The van der Waals surface area contributed by atoms with Crippen LogP contribution in [0.1, 0.15) is 226 Å². The summed E-state index contributed by atoms with van der Waals surface area (Å²) in [5.41, 5.74) is 0. The highest BCUT2D eigenvalue weighted by Crippen LogP contribution is 2.19. The van der Waals surface area contributed by atoms with Crippen molar-refractivity contribution in [3.8, 4) is 0 Å². The lowest BCUT2D eigenvalue weighted by Crippen LogP contribution is -2.18. The van der Waals surface area contributed by atoms with Gasteiger partial charge in [0.05, 0.1) is 0 Å². The maximum Gasteiger partial charge on any atom is 0.306 e. The van der Waals surface area contributed by atoms with Gasteiger partial charge in [0.15, 0.2) is 0 Å². The van der Waals surface area contributed by atoms with Crippen molar-refractivity contribution in [3.05, 3.63) is 0 Å². The molecule has 0 radical (unpaired) electrons. The lowest BCUT2D eigenvalue weighted by molar-refractivity contribution is -0.150. The zero-order valence-corrected chi connectivity index (χ0v) is 28.6. The van der Waals surface area contributed by atoms with Gasteiger partial charge in [0, 0.05) is 12.8 Å². The highest BCUT2D eigenvalue weighted by atomic mass is 16.5. The molecule has 4 nitrogen and oxygen atoms in total. The average molecular weight is 595 g/mol. The quantitative estimate of drug-likeness (QED) is 0.0585. The summed E-state index contributed by atoms with van der Waals surface area (Å²) >= 11 is 0. The van der Waals surface area contributed by atoms with Gasteiger partial charge in [-0.2, -0.15) is 0 Å². The summed E-state index contributed by atoms with van der Waals surface area (Å²) in [5.74, 6) is -0.647. The fourth-order valence-corrected chi connectivity index (χ4v) is 6.01. The molecule has 0 aromatic carbocycles. The van der Waals surface area contributed by atoms with Crippen LogP contribution in [0.15, 0.2) is 0 Å². The van der Waals surface area contributed by atoms with Crippen LogP contribution >= 0.6 is 0 Å². The molecule has 0 bridgehead atoms. The number of carbonyl (C=O) groups excluding carboxylic acids is 1. The van der Waals surface area contributed by atoms with E-state index in [9.17, 15) is 9.59 Å². The molecule has 250 valence electrons. The first-order valence-corrected chi connectivity index (χ1v) is 19.0. The summed E-state index contributed by atoms with van der Waals surface area (Å²) in [6.07, 6.45) is 39.8. The van der Waals surface area contributed by atoms with E-state index >= 15 is 0 Å². The number of ether oxygens (including phenoxy) is 1. The summed E-state index contributed by atoms with van der Waals surface area (Å²) in [6, 6.07) is 0. The number of hydrogen-bond acceptors (Lipinski definition) is 3. The molecule has 0 spiro atoms. The zero-order chi connectivity index (χ0) is 30.8. The van der Waals surface area contributed by atoms with E-state index in [1.165, 1.54) is 148 Å². The second-order valence-corrected chi connectivity index (χ2v) is 13.1. The van der Waals surface area contributed by atoms with Crippen molar-refractivity contribution in [2.45, 2.75) is 232 Å². The van der Waals surface area contributed by atoms with Gasteiger partial charge in [-0.25, -0.2) is 0 Å². The Balaban J connectivity index is 4.06. The molecule has 42 heavy (non-hydrogen) atoms. The fourth-order valence-electron chi connectivity index (χ4n) is 6.01. The third kappa shape index (κ3) is 33.4. The van der Waals surface area contributed by atoms with Crippen LogP contribution in [0, 0.1) is 0 Å². The first-order chi connectivity index (χ1) is 20.6. The van der Waals surface area contributed by atoms with Crippen molar-refractivity contribution in [2.75, 3.05) is 0 Å². The minimum absolute atomic E-state index is 0.0318. The lowest BCUT2D eigenvalue weighted by Gasteiger charge is -2.18. The Bertz CT molecular complexity index is 561. The van der Waals surface area contributed by atoms with Crippen LogP contribution in [-0.2, 0) is 14.3 Å². The van der Waals surface area contributed by atoms with Gasteiger partial charge in [0.1, 0.15) is 6.10 Å². The molecule has 0 saturated heterocycles. The molecule has 1 unspecified atom stereocenters. The smallest absolute Gasteiger partial charge is 0.306 e. The second-order valence-electron chi connectivity index (χ2n) is 13.1. The van der Waals surface area contributed by atoms with Gasteiger partial charge in [-0.05, 0) is 38.5 Å². The van der Waals surface area contributed by atoms with E-state index in [2.05, 4.69) is 13.8 Å². The van der Waals surface area contributed by atoms with E-state index in [-0.39, 0.29) is 12.1 Å². The van der Waals surface area contributed by atoms with Crippen LogP contribution in [0.3, 0.4) is 0 Å². The Labute approximate surface area is 262 Å². The lowest BCUT2D eigenvalue weighted by atomic mass is 10.0. The van der Waals surface area contributed by atoms with E-state index in [1.807, 2.05) is 0 Å². The van der Waals surface area contributed by atoms with E-state index in [0.29, 0.717) is 12.8 Å². The number of carboxylic acids is 1. The normalized spacial score (nSPS) is 12.0. The summed E-state index contributed by atoms with van der Waals surface area (Å²) in [5, 5.41) is 8.73. The molecule has 0 aliphatic carbocycles. The number of carbonyl (C=O) groups is 2. The SMILES string of the molecule is CCCCCCCCCCCCCC(=O)OC(CCCCCCCCCCCC)CCCCCCCCCCC(=O)O. The van der Waals surface area contributed by atoms with E-state index < -0.39 is 5.97 Å². The van der Waals surface area contributed by atoms with Crippen molar-refractivity contribution >= 4 is 11.9 Å². The molecule has 0 aliphatic heterocycles. The van der Waals surface area contributed by atoms with Gasteiger partial charge >= 0.3 is 11.9 Å². The molecule has 0 heterocycles. The highest BCUT2D eigenvalue weighted by Gasteiger charge is 2.14. The average Bonchev–Trinajstić information content (AvgIpc) is 2.97. The molecule has 0 aromatic rings. The molecular formula is C38H74O4. The van der Waals surface area contributed by atoms with E-state index in [4.69, 9.17) is 9.84 Å². The Hall–Kier alpha value is -1.06. The van der Waals surface area contributed by atoms with Crippen molar-refractivity contribution in [3.63, 3.8) is 0 Å². The summed E-state index contributed by atoms with van der Waals surface area (Å²) in [6.45, 7) is 4.55. The topological polar surface area (TPSA) is 63.6 Å². The summed E-state index contributed by atoms with van der Waals surface area (Å²) in [4.78, 5) is 23.2. The van der Waals surface area contributed by atoms with Gasteiger partial charge in [0.25, 0.3) is 0 Å². The molecule has 0 saturated carbocycles. The highest BCUT2D eigenvalue weighted by molar-refractivity contribution is 5.69.